The van der Waals surface area contributed by atoms with Gasteiger partial charge in [-0.2, -0.15) is 0 Å². The third kappa shape index (κ3) is 2.55. The molecule has 0 aliphatic rings. The minimum absolute atomic E-state index is 0.207. The molecule has 3 heteroatoms. The number of ether oxygens (including phenoxy) is 1. The summed E-state index contributed by atoms with van der Waals surface area (Å²) in [6.45, 7) is 6.47. The van der Waals surface area contributed by atoms with Gasteiger partial charge in [-0.3, -0.25) is 0 Å². The maximum absolute atomic E-state index is 6.08. The van der Waals surface area contributed by atoms with Crippen molar-refractivity contribution in [1.29, 1.82) is 0 Å². The summed E-state index contributed by atoms with van der Waals surface area (Å²) in [5.74, 6) is 1.82. The molecule has 0 aliphatic carbocycles. The second kappa shape index (κ2) is 5.25. The van der Waals surface area contributed by atoms with Gasteiger partial charge in [0.15, 0.2) is 0 Å². The van der Waals surface area contributed by atoms with E-state index in [2.05, 4.69) is 25.8 Å². The summed E-state index contributed by atoms with van der Waals surface area (Å²) in [5, 5.41) is 1.06. The van der Waals surface area contributed by atoms with Crippen molar-refractivity contribution in [3.63, 3.8) is 0 Å². The van der Waals surface area contributed by atoms with Crippen LogP contribution in [-0.2, 0) is 0 Å². The molecule has 0 saturated heterocycles. The predicted molar refractivity (Wildman–Crippen MR) is 75.7 cm³/mol. The number of rotatable bonds is 4. The van der Waals surface area contributed by atoms with Gasteiger partial charge < -0.3 is 10.5 Å². The van der Waals surface area contributed by atoms with E-state index in [4.69, 9.17) is 10.5 Å². The van der Waals surface area contributed by atoms with Crippen LogP contribution in [0.5, 0.6) is 5.75 Å². The van der Waals surface area contributed by atoms with Gasteiger partial charge in [-0.05, 0) is 30.5 Å². The number of pyridine rings is 1. The van der Waals surface area contributed by atoms with Crippen LogP contribution in [0.15, 0.2) is 30.3 Å². The Balaban J connectivity index is 2.41. The van der Waals surface area contributed by atoms with E-state index in [1.54, 1.807) is 0 Å². The molecule has 2 rings (SSSR count). The summed E-state index contributed by atoms with van der Waals surface area (Å²) < 4.78 is 6.08. The molecule has 0 aliphatic heterocycles. The normalized spacial score (nSPS) is 12.9. The second-order valence-corrected chi connectivity index (χ2v) is 4.87. The maximum Gasteiger partial charge on any atom is 0.146 e. The molecule has 18 heavy (non-hydrogen) atoms. The lowest BCUT2D eigenvalue weighted by atomic mass is 10.1. The third-order valence-electron chi connectivity index (χ3n) is 3.13. The first-order valence-electron chi connectivity index (χ1n) is 6.43. The highest BCUT2D eigenvalue weighted by Gasteiger charge is 2.14. The molecule has 2 N–H and O–H groups in total. The number of fused-ring (bicyclic) bond motifs is 1. The van der Waals surface area contributed by atoms with E-state index in [0.717, 1.165) is 23.1 Å². The molecular formula is C15H20N2O. The number of nitrogen functional groups attached to an aromatic ring is 1. The van der Waals surface area contributed by atoms with Crippen molar-refractivity contribution in [3.05, 3.63) is 30.3 Å². The van der Waals surface area contributed by atoms with Crippen molar-refractivity contribution >= 4 is 16.7 Å². The molecule has 2 aromatic rings. The molecule has 1 atom stereocenters. The van der Waals surface area contributed by atoms with Crippen LogP contribution in [0.2, 0.25) is 0 Å². The Kier molecular flexibility index (Phi) is 3.70. The predicted octanol–water partition coefficient (Wildman–Crippen LogP) is 3.63. The molecule has 1 unspecified atom stereocenters. The largest absolute Gasteiger partial charge is 0.488 e. The maximum atomic E-state index is 6.08. The number of hydrogen-bond donors (Lipinski definition) is 1. The minimum Gasteiger partial charge on any atom is -0.488 e. The lowest BCUT2D eigenvalue weighted by Crippen LogP contribution is -2.22. The Morgan fingerprint density at radius 3 is 2.67 bits per heavy atom. The van der Waals surface area contributed by atoms with Gasteiger partial charge in [0.2, 0.25) is 0 Å². The molecule has 0 amide bonds. The highest BCUT2D eigenvalue weighted by atomic mass is 16.5. The molecule has 0 spiro atoms. The van der Waals surface area contributed by atoms with E-state index < -0.39 is 0 Å². The van der Waals surface area contributed by atoms with Crippen molar-refractivity contribution in [1.82, 2.24) is 4.98 Å². The van der Waals surface area contributed by atoms with Gasteiger partial charge in [-0.15, -0.1) is 0 Å². The molecule has 1 aromatic heterocycles. The standard InChI is InChI=1S/C15H20N2O/c1-4-12(10(2)3)18-13-7-5-6-11-8-9-14(16)17-15(11)13/h5-10,12H,4H2,1-3H3,(H2,16,17). The van der Waals surface area contributed by atoms with Gasteiger partial charge in [-0.1, -0.05) is 32.9 Å². The topological polar surface area (TPSA) is 48.1 Å². The fourth-order valence-corrected chi connectivity index (χ4v) is 2.08. The van der Waals surface area contributed by atoms with E-state index in [-0.39, 0.29) is 6.10 Å². The zero-order chi connectivity index (χ0) is 13.1. The number of nitrogens with zero attached hydrogens (tertiary/aromatic N) is 1. The quantitative estimate of drug-likeness (QED) is 0.893. The number of aromatic nitrogens is 1. The van der Waals surface area contributed by atoms with E-state index in [1.807, 2.05) is 30.3 Å². The lowest BCUT2D eigenvalue weighted by molar-refractivity contribution is 0.149. The zero-order valence-electron chi connectivity index (χ0n) is 11.2. The Labute approximate surface area is 108 Å². The van der Waals surface area contributed by atoms with Crippen LogP contribution < -0.4 is 10.5 Å². The summed E-state index contributed by atoms with van der Waals surface area (Å²) in [6, 6.07) is 9.75. The number of anilines is 1. The van der Waals surface area contributed by atoms with Crippen molar-refractivity contribution in [3.8, 4) is 5.75 Å². The minimum atomic E-state index is 0.207. The van der Waals surface area contributed by atoms with Crippen LogP contribution >= 0.6 is 0 Å². The highest BCUT2D eigenvalue weighted by molar-refractivity contribution is 5.85. The fraction of sp³-hybridized carbons (Fsp3) is 0.400. The first-order valence-corrected chi connectivity index (χ1v) is 6.43. The van der Waals surface area contributed by atoms with Crippen LogP contribution in [0.4, 0.5) is 5.82 Å². The lowest BCUT2D eigenvalue weighted by Gasteiger charge is -2.21. The zero-order valence-corrected chi connectivity index (χ0v) is 11.2. The van der Waals surface area contributed by atoms with Crippen molar-refractivity contribution in [2.45, 2.75) is 33.3 Å². The fourth-order valence-electron chi connectivity index (χ4n) is 2.08. The Morgan fingerprint density at radius 1 is 1.22 bits per heavy atom. The summed E-state index contributed by atoms with van der Waals surface area (Å²) >= 11 is 0. The first-order chi connectivity index (χ1) is 8.61. The van der Waals surface area contributed by atoms with E-state index in [9.17, 15) is 0 Å². The van der Waals surface area contributed by atoms with Gasteiger partial charge in [0.25, 0.3) is 0 Å². The van der Waals surface area contributed by atoms with Gasteiger partial charge in [0.1, 0.15) is 23.2 Å². The van der Waals surface area contributed by atoms with Crippen molar-refractivity contribution in [2.75, 3.05) is 5.73 Å². The van der Waals surface area contributed by atoms with Crippen LogP contribution in [0.1, 0.15) is 27.2 Å². The second-order valence-electron chi connectivity index (χ2n) is 4.87. The van der Waals surface area contributed by atoms with Gasteiger partial charge >= 0.3 is 0 Å². The van der Waals surface area contributed by atoms with Crippen molar-refractivity contribution < 1.29 is 4.74 Å². The highest BCUT2D eigenvalue weighted by Crippen LogP contribution is 2.27. The van der Waals surface area contributed by atoms with Crippen LogP contribution in [0.3, 0.4) is 0 Å². The van der Waals surface area contributed by atoms with E-state index >= 15 is 0 Å². The Morgan fingerprint density at radius 2 is 2.00 bits per heavy atom. The number of nitrogens with two attached hydrogens (primary N) is 1. The van der Waals surface area contributed by atoms with Crippen molar-refractivity contribution in [2.24, 2.45) is 5.92 Å². The number of para-hydroxylation sites is 1. The van der Waals surface area contributed by atoms with Gasteiger partial charge in [-0.25, -0.2) is 4.98 Å². The SMILES string of the molecule is CCC(Oc1cccc2ccc(N)nc12)C(C)C. The van der Waals surface area contributed by atoms with Crippen LogP contribution in [0, 0.1) is 5.92 Å². The van der Waals surface area contributed by atoms with E-state index in [1.165, 1.54) is 0 Å². The Bertz CT molecular complexity index is 537. The first kappa shape index (κ1) is 12.7. The Hall–Kier alpha value is -1.77. The molecule has 96 valence electrons. The average Bonchev–Trinajstić information content (AvgIpc) is 2.35. The summed E-state index contributed by atoms with van der Waals surface area (Å²) in [4.78, 5) is 4.38. The average molecular weight is 244 g/mol. The van der Waals surface area contributed by atoms with Gasteiger partial charge in [0.05, 0.1) is 0 Å². The van der Waals surface area contributed by atoms with Crippen LogP contribution in [0.25, 0.3) is 10.9 Å². The monoisotopic (exact) mass is 244 g/mol. The number of benzene rings is 1. The summed E-state index contributed by atoms with van der Waals surface area (Å²) in [7, 11) is 0. The summed E-state index contributed by atoms with van der Waals surface area (Å²) in [6.07, 6.45) is 1.19. The molecule has 0 fully saturated rings. The smallest absolute Gasteiger partial charge is 0.146 e. The van der Waals surface area contributed by atoms with Crippen LogP contribution in [-0.4, -0.2) is 11.1 Å². The molecule has 0 saturated carbocycles. The molecule has 1 aromatic carbocycles. The summed E-state index contributed by atoms with van der Waals surface area (Å²) in [5.41, 5.74) is 6.59. The molecule has 0 radical (unpaired) electrons. The molecular weight excluding hydrogens is 224 g/mol. The molecule has 0 bridgehead atoms. The number of hydrogen-bond acceptors (Lipinski definition) is 3. The van der Waals surface area contributed by atoms with Gasteiger partial charge in [0, 0.05) is 5.39 Å². The molecule has 3 nitrogen and oxygen atoms in total. The molecule has 1 heterocycles. The third-order valence-corrected chi connectivity index (χ3v) is 3.13. The van der Waals surface area contributed by atoms with E-state index in [0.29, 0.717) is 11.7 Å².